The molecule has 130 valence electrons. The summed E-state index contributed by atoms with van der Waals surface area (Å²) in [6.45, 7) is 8.68. The third-order valence-electron chi connectivity index (χ3n) is 4.42. The van der Waals surface area contributed by atoms with Crippen LogP contribution in [0.5, 0.6) is 5.75 Å². The van der Waals surface area contributed by atoms with Gasteiger partial charge in [-0.1, -0.05) is 11.2 Å². The number of hydrogen-bond acceptors (Lipinski definition) is 6. The van der Waals surface area contributed by atoms with Crippen molar-refractivity contribution in [1.29, 1.82) is 0 Å². The van der Waals surface area contributed by atoms with E-state index in [1.165, 1.54) is 11.1 Å². The lowest BCUT2D eigenvalue weighted by Gasteiger charge is -2.15. The molecule has 6 nitrogen and oxygen atoms in total. The van der Waals surface area contributed by atoms with Gasteiger partial charge in [-0.05, 0) is 62.9 Å². The highest BCUT2D eigenvalue weighted by Gasteiger charge is 2.27. The van der Waals surface area contributed by atoms with E-state index < -0.39 is 0 Å². The van der Waals surface area contributed by atoms with Gasteiger partial charge < -0.3 is 14.4 Å². The predicted molar refractivity (Wildman–Crippen MR) is 89.6 cm³/mol. The van der Waals surface area contributed by atoms with E-state index in [1.807, 2.05) is 32.9 Å². The minimum Gasteiger partial charge on any atom is -0.485 e. The Hall–Kier alpha value is -1.92. The monoisotopic (exact) mass is 331 g/mol. The van der Waals surface area contributed by atoms with Crippen LogP contribution in [0, 0.1) is 19.8 Å². The van der Waals surface area contributed by atoms with Crippen LogP contribution in [0.25, 0.3) is 0 Å². The number of aliphatic hydroxyl groups excluding tert-OH is 1. The van der Waals surface area contributed by atoms with Crippen LogP contribution in [0.3, 0.4) is 0 Å². The van der Waals surface area contributed by atoms with Crippen molar-refractivity contribution >= 4 is 0 Å². The van der Waals surface area contributed by atoms with Crippen molar-refractivity contribution in [2.45, 2.75) is 46.4 Å². The third kappa shape index (κ3) is 4.33. The van der Waals surface area contributed by atoms with E-state index in [2.05, 4.69) is 21.1 Å². The highest BCUT2D eigenvalue weighted by Crippen LogP contribution is 2.21. The van der Waals surface area contributed by atoms with E-state index in [9.17, 15) is 5.11 Å². The second-order valence-corrected chi connectivity index (χ2v) is 6.74. The molecule has 0 aliphatic carbocycles. The number of aromatic nitrogens is 2. The van der Waals surface area contributed by atoms with Gasteiger partial charge in [0.15, 0.2) is 6.61 Å². The maximum absolute atomic E-state index is 9.66. The molecule has 1 fully saturated rings. The van der Waals surface area contributed by atoms with Crippen molar-refractivity contribution < 1.29 is 14.4 Å². The van der Waals surface area contributed by atoms with Crippen LogP contribution >= 0.6 is 0 Å². The van der Waals surface area contributed by atoms with Crippen molar-refractivity contribution in [2.75, 3.05) is 13.1 Å². The number of likely N-dealkylation sites (tertiary alicyclic amines) is 1. The minimum absolute atomic E-state index is 0.264. The van der Waals surface area contributed by atoms with Crippen LogP contribution in [-0.2, 0) is 13.2 Å². The van der Waals surface area contributed by atoms with E-state index in [0.29, 0.717) is 30.8 Å². The Morgan fingerprint density at radius 3 is 2.75 bits per heavy atom. The SMILES string of the molecule is Cc1cc(C)cc(OCc2noc(CN3CCC(C(C)O)C3)n2)c1. The van der Waals surface area contributed by atoms with Gasteiger partial charge in [-0.25, -0.2) is 0 Å². The predicted octanol–water partition coefficient (Wildman–Crippen LogP) is 2.47. The van der Waals surface area contributed by atoms with Crippen LogP contribution in [0.1, 0.15) is 36.2 Å². The van der Waals surface area contributed by atoms with Gasteiger partial charge in [-0.3, -0.25) is 4.90 Å². The van der Waals surface area contributed by atoms with Gasteiger partial charge >= 0.3 is 0 Å². The number of rotatable bonds is 6. The highest BCUT2D eigenvalue weighted by molar-refractivity contribution is 5.32. The summed E-state index contributed by atoms with van der Waals surface area (Å²) in [5, 5.41) is 13.6. The molecule has 2 atom stereocenters. The molecule has 1 N–H and O–H groups in total. The molecule has 6 heteroatoms. The van der Waals surface area contributed by atoms with Gasteiger partial charge in [0.05, 0.1) is 12.6 Å². The van der Waals surface area contributed by atoms with Crippen molar-refractivity contribution in [1.82, 2.24) is 15.0 Å². The fourth-order valence-electron chi connectivity index (χ4n) is 3.17. The fourth-order valence-corrected chi connectivity index (χ4v) is 3.17. The number of nitrogens with zero attached hydrogens (tertiary/aromatic N) is 3. The molecule has 0 amide bonds. The molecule has 0 radical (unpaired) electrons. The molecule has 0 saturated carbocycles. The van der Waals surface area contributed by atoms with Gasteiger partial charge in [-0.2, -0.15) is 4.98 Å². The van der Waals surface area contributed by atoms with Gasteiger partial charge in [0, 0.05) is 6.54 Å². The summed E-state index contributed by atoms with van der Waals surface area (Å²) in [6, 6.07) is 6.10. The average molecular weight is 331 g/mol. The summed E-state index contributed by atoms with van der Waals surface area (Å²) in [5.74, 6) is 2.30. The Balaban J connectivity index is 1.52. The Bertz CT molecular complexity index is 664. The second-order valence-electron chi connectivity index (χ2n) is 6.74. The first-order chi connectivity index (χ1) is 11.5. The summed E-state index contributed by atoms with van der Waals surface area (Å²) in [4.78, 5) is 6.63. The van der Waals surface area contributed by atoms with Crippen LogP contribution in [0.2, 0.25) is 0 Å². The number of benzene rings is 1. The van der Waals surface area contributed by atoms with E-state index in [1.54, 1.807) is 0 Å². The smallest absolute Gasteiger partial charge is 0.240 e. The van der Waals surface area contributed by atoms with Gasteiger partial charge in [0.2, 0.25) is 11.7 Å². The third-order valence-corrected chi connectivity index (χ3v) is 4.42. The van der Waals surface area contributed by atoms with Gasteiger partial charge in [0.25, 0.3) is 0 Å². The zero-order valence-corrected chi connectivity index (χ0v) is 14.5. The maximum Gasteiger partial charge on any atom is 0.240 e. The first-order valence-corrected chi connectivity index (χ1v) is 8.42. The van der Waals surface area contributed by atoms with Crippen molar-refractivity contribution in [3.63, 3.8) is 0 Å². The molecule has 1 aliphatic heterocycles. The number of aryl methyl sites for hydroxylation is 2. The molecular formula is C18H25N3O3. The molecule has 0 spiro atoms. The molecule has 0 bridgehead atoms. The molecule has 1 aromatic heterocycles. The van der Waals surface area contributed by atoms with Crippen molar-refractivity contribution in [2.24, 2.45) is 5.92 Å². The van der Waals surface area contributed by atoms with E-state index in [4.69, 9.17) is 9.26 Å². The lowest BCUT2D eigenvalue weighted by molar-refractivity contribution is 0.125. The molecule has 24 heavy (non-hydrogen) atoms. The van der Waals surface area contributed by atoms with Crippen LogP contribution in [-0.4, -0.2) is 39.3 Å². The summed E-state index contributed by atoms with van der Waals surface area (Å²) < 4.78 is 11.1. The topological polar surface area (TPSA) is 71.6 Å². The molecule has 2 aromatic rings. The Morgan fingerprint density at radius 2 is 2.08 bits per heavy atom. The molecule has 1 saturated heterocycles. The number of hydrogen-bond donors (Lipinski definition) is 1. The van der Waals surface area contributed by atoms with E-state index >= 15 is 0 Å². The first-order valence-electron chi connectivity index (χ1n) is 8.42. The quantitative estimate of drug-likeness (QED) is 0.877. The minimum atomic E-state index is -0.264. The lowest BCUT2D eigenvalue weighted by atomic mass is 10.0. The van der Waals surface area contributed by atoms with Crippen LogP contribution in [0.15, 0.2) is 22.7 Å². The molecule has 1 aliphatic rings. The standard InChI is InChI=1S/C18H25N3O3/c1-12-6-13(2)8-16(7-12)23-11-17-19-18(24-20-17)10-21-5-4-15(9-21)14(3)22/h6-8,14-15,22H,4-5,9-11H2,1-3H3. The largest absolute Gasteiger partial charge is 0.485 e. The van der Waals surface area contributed by atoms with E-state index in [-0.39, 0.29) is 6.10 Å². The van der Waals surface area contributed by atoms with E-state index in [0.717, 1.165) is 25.3 Å². The van der Waals surface area contributed by atoms with Crippen LogP contribution < -0.4 is 4.74 Å². The zero-order valence-electron chi connectivity index (χ0n) is 14.5. The molecule has 1 aromatic carbocycles. The molecule has 2 unspecified atom stereocenters. The van der Waals surface area contributed by atoms with Gasteiger partial charge in [0.1, 0.15) is 5.75 Å². The zero-order chi connectivity index (χ0) is 17.1. The molecule has 2 heterocycles. The maximum atomic E-state index is 9.66. The normalized spacial score (nSPS) is 19.6. The second kappa shape index (κ2) is 7.32. The molecule has 3 rings (SSSR count). The van der Waals surface area contributed by atoms with Crippen molar-refractivity contribution in [3.05, 3.63) is 41.0 Å². The fraction of sp³-hybridized carbons (Fsp3) is 0.556. The Labute approximate surface area is 142 Å². The van der Waals surface area contributed by atoms with Crippen molar-refractivity contribution in [3.8, 4) is 5.75 Å². The first kappa shape index (κ1) is 16.9. The lowest BCUT2D eigenvalue weighted by Crippen LogP contribution is -2.24. The molecular weight excluding hydrogens is 306 g/mol. The summed E-state index contributed by atoms with van der Waals surface area (Å²) in [7, 11) is 0. The number of aliphatic hydroxyl groups is 1. The summed E-state index contributed by atoms with van der Waals surface area (Å²) in [6.07, 6.45) is 0.744. The Kier molecular flexibility index (Phi) is 5.16. The Morgan fingerprint density at radius 1 is 1.33 bits per heavy atom. The van der Waals surface area contributed by atoms with Crippen LogP contribution in [0.4, 0.5) is 0 Å². The summed E-state index contributed by atoms with van der Waals surface area (Å²) >= 11 is 0. The van der Waals surface area contributed by atoms with Gasteiger partial charge in [-0.15, -0.1) is 0 Å². The average Bonchev–Trinajstić information content (AvgIpc) is 3.14. The highest BCUT2D eigenvalue weighted by atomic mass is 16.5. The summed E-state index contributed by atoms with van der Waals surface area (Å²) in [5.41, 5.74) is 2.33. The number of ether oxygens (including phenoxy) is 1.